The van der Waals surface area contributed by atoms with E-state index < -0.39 is 5.97 Å². The van der Waals surface area contributed by atoms with Gasteiger partial charge in [-0.2, -0.15) is 0 Å². The first-order chi connectivity index (χ1) is 12.4. The van der Waals surface area contributed by atoms with Crippen molar-refractivity contribution in [2.75, 3.05) is 20.2 Å². The molecule has 0 bridgehead atoms. The molecule has 142 valence electrons. The van der Waals surface area contributed by atoms with Gasteiger partial charge in [-0.15, -0.1) is 0 Å². The smallest absolute Gasteiger partial charge is 0.317 e. The summed E-state index contributed by atoms with van der Waals surface area (Å²) in [7, 11) is 1.57. The van der Waals surface area contributed by atoms with E-state index in [1.54, 1.807) is 25.3 Å². The minimum atomic E-state index is -0.786. The lowest BCUT2D eigenvalue weighted by atomic mass is 9.85. The molecule has 6 nitrogen and oxygen atoms in total. The fraction of sp³-hybridized carbons (Fsp3) is 0.579. The van der Waals surface area contributed by atoms with E-state index in [4.69, 9.17) is 21.4 Å². The average molecular weight is 381 g/mol. The summed E-state index contributed by atoms with van der Waals surface area (Å²) in [6.45, 7) is 0.943. The number of aliphatic carboxylic acids is 1. The summed E-state index contributed by atoms with van der Waals surface area (Å²) in [5, 5.41) is 12.7. The van der Waals surface area contributed by atoms with Gasteiger partial charge in [-0.3, -0.25) is 14.5 Å². The molecule has 26 heavy (non-hydrogen) atoms. The molecule has 1 amide bonds. The summed E-state index contributed by atoms with van der Waals surface area (Å²) >= 11 is 6.00. The lowest BCUT2D eigenvalue weighted by molar-refractivity contribution is -0.140. The molecule has 0 saturated heterocycles. The molecule has 0 unspecified atom stereocenters. The minimum absolute atomic E-state index is 0.0685. The highest BCUT2D eigenvalue weighted by Gasteiger charge is 2.37. The molecule has 2 saturated carbocycles. The van der Waals surface area contributed by atoms with Gasteiger partial charge in [0.2, 0.25) is 5.91 Å². The second kappa shape index (κ2) is 8.27. The molecule has 2 fully saturated rings. The molecular weight excluding hydrogens is 356 g/mol. The fourth-order valence-corrected chi connectivity index (χ4v) is 3.68. The molecule has 1 aromatic rings. The maximum atomic E-state index is 12.3. The highest BCUT2D eigenvalue weighted by atomic mass is 35.5. The van der Waals surface area contributed by atoms with Gasteiger partial charge in [0, 0.05) is 29.2 Å². The Balaban J connectivity index is 1.48. The van der Waals surface area contributed by atoms with Crippen molar-refractivity contribution in [3.63, 3.8) is 0 Å². The number of ether oxygens (including phenoxy) is 1. The maximum Gasteiger partial charge on any atom is 0.317 e. The zero-order chi connectivity index (χ0) is 18.7. The second-order valence-corrected chi connectivity index (χ2v) is 7.73. The number of amides is 1. The lowest BCUT2D eigenvalue weighted by Crippen LogP contribution is -2.55. The van der Waals surface area contributed by atoms with Gasteiger partial charge in [-0.05, 0) is 49.8 Å². The zero-order valence-electron chi connectivity index (χ0n) is 14.9. The molecule has 1 aromatic carbocycles. The maximum absolute atomic E-state index is 12.3. The van der Waals surface area contributed by atoms with E-state index in [-0.39, 0.29) is 31.0 Å². The molecule has 0 aliphatic heterocycles. The number of carboxylic acids is 1. The van der Waals surface area contributed by atoms with Gasteiger partial charge in [-0.25, -0.2) is 0 Å². The molecule has 7 heteroatoms. The lowest BCUT2D eigenvalue weighted by Gasteiger charge is -2.42. The average Bonchev–Trinajstić information content (AvgIpc) is 3.33. The Labute approximate surface area is 158 Å². The SMILES string of the molecule is COc1ccc(Cl)cc1CC(=O)NC1CC(N(CC(=O)O)CC2CC2)C1. The topological polar surface area (TPSA) is 78.9 Å². The molecule has 0 radical (unpaired) electrons. The highest BCUT2D eigenvalue weighted by molar-refractivity contribution is 6.30. The summed E-state index contributed by atoms with van der Waals surface area (Å²) in [6.07, 6.45) is 4.22. The van der Waals surface area contributed by atoms with Crippen LogP contribution in [0.3, 0.4) is 0 Å². The van der Waals surface area contributed by atoms with Crippen LogP contribution in [0.15, 0.2) is 18.2 Å². The first-order valence-electron chi connectivity index (χ1n) is 9.02. The molecular formula is C19H25ClN2O4. The second-order valence-electron chi connectivity index (χ2n) is 7.29. The number of benzene rings is 1. The van der Waals surface area contributed by atoms with Crippen LogP contribution in [0, 0.1) is 5.92 Å². The van der Waals surface area contributed by atoms with E-state index in [1.165, 1.54) is 12.8 Å². The van der Waals surface area contributed by atoms with E-state index in [0.717, 1.165) is 24.9 Å². The van der Waals surface area contributed by atoms with Gasteiger partial charge in [0.1, 0.15) is 5.75 Å². The first kappa shape index (κ1) is 19.0. The largest absolute Gasteiger partial charge is 0.496 e. The monoisotopic (exact) mass is 380 g/mol. The van der Waals surface area contributed by atoms with E-state index in [2.05, 4.69) is 10.2 Å². The fourth-order valence-electron chi connectivity index (χ4n) is 3.49. The normalized spacial score (nSPS) is 22.0. The van der Waals surface area contributed by atoms with Gasteiger partial charge in [0.05, 0.1) is 20.1 Å². The van der Waals surface area contributed by atoms with E-state index in [0.29, 0.717) is 16.7 Å². The van der Waals surface area contributed by atoms with Crippen molar-refractivity contribution < 1.29 is 19.4 Å². The predicted molar refractivity (Wildman–Crippen MR) is 98.6 cm³/mol. The highest BCUT2D eigenvalue weighted by Crippen LogP contribution is 2.34. The molecule has 3 rings (SSSR count). The Kier molecular flexibility index (Phi) is 6.04. The van der Waals surface area contributed by atoms with Crippen LogP contribution in [-0.2, 0) is 16.0 Å². The third-order valence-electron chi connectivity index (χ3n) is 5.12. The number of nitrogens with zero attached hydrogens (tertiary/aromatic N) is 1. The van der Waals surface area contributed by atoms with Crippen molar-refractivity contribution in [3.8, 4) is 5.75 Å². The van der Waals surface area contributed by atoms with Crippen LogP contribution in [0.5, 0.6) is 5.75 Å². The minimum Gasteiger partial charge on any atom is -0.496 e. The van der Waals surface area contributed by atoms with Crippen molar-refractivity contribution in [3.05, 3.63) is 28.8 Å². The molecule has 0 heterocycles. The number of carbonyl (C=O) groups excluding carboxylic acids is 1. The third-order valence-corrected chi connectivity index (χ3v) is 5.35. The van der Waals surface area contributed by atoms with Crippen molar-refractivity contribution in [1.82, 2.24) is 10.2 Å². The van der Waals surface area contributed by atoms with Crippen LogP contribution < -0.4 is 10.1 Å². The number of nitrogens with one attached hydrogen (secondary N) is 1. The van der Waals surface area contributed by atoms with Gasteiger partial charge in [0.15, 0.2) is 0 Å². The number of halogens is 1. The van der Waals surface area contributed by atoms with Crippen LogP contribution in [0.25, 0.3) is 0 Å². The Hall–Kier alpha value is -1.79. The Morgan fingerprint density at radius 1 is 1.35 bits per heavy atom. The van der Waals surface area contributed by atoms with Crippen LogP contribution in [0.1, 0.15) is 31.2 Å². The van der Waals surface area contributed by atoms with Crippen molar-refractivity contribution in [2.24, 2.45) is 5.92 Å². The van der Waals surface area contributed by atoms with E-state index in [9.17, 15) is 9.59 Å². The molecule has 0 aromatic heterocycles. The molecule has 0 atom stereocenters. The number of hydrogen-bond donors (Lipinski definition) is 2. The Morgan fingerprint density at radius 3 is 2.69 bits per heavy atom. The third kappa shape index (κ3) is 5.11. The van der Waals surface area contributed by atoms with E-state index >= 15 is 0 Å². The Bertz CT molecular complexity index is 672. The van der Waals surface area contributed by atoms with Crippen LogP contribution >= 0.6 is 11.6 Å². The number of carboxylic acid groups (broad SMARTS) is 1. The zero-order valence-corrected chi connectivity index (χ0v) is 15.7. The summed E-state index contributed by atoms with van der Waals surface area (Å²) < 4.78 is 5.27. The van der Waals surface area contributed by atoms with Crippen LogP contribution in [0.2, 0.25) is 5.02 Å². The van der Waals surface area contributed by atoms with Crippen LogP contribution in [-0.4, -0.2) is 54.2 Å². The molecule has 2 N–H and O–H groups in total. The Morgan fingerprint density at radius 2 is 2.08 bits per heavy atom. The molecule has 2 aliphatic carbocycles. The number of carbonyl (C=O) groups is 2. The van der Waals surface area contributed by atoms with Gasteiger partial charge >= 0.3 is 5.97 Å². The standard InChI is InChI=1S/C19H25ClN2O4/c1-26-17-5-4-14(20)6-13(17)7-18(23)21-15-8-16(9-15)22(11-19(24)25)10-12-2-3-12/h4-6,12,15-16H,2-3,7-11H2,1H3,(H,21,23)(H,24,25). The molecule has 2 aliphatic rings. The quantitative estimate of drug-likeness (QED) is 0.687. The summed E-state index contributed by atoms with van der Waals surface area (Å²) in [4.78, 5) is 25.5. The summed E-state index contributed by atoms with van der Waals surface area (Å²) in [6, 6.07) is 5.58. The number of hydrogen-bond acceptors (Lipinski definition) is 4. The summed E-state index contributed by atoms with van der Waals surface area (Å²) in [5.41, 5.74) is 0.759. The van der Waals surface area contributed by atoms with Gasteiger partial charge < -0.3 is 15.2 Å². The van der Waals surface area contributed by atoms with Crippen LogP contribution in [0.4, 0.5) is 0 Å². The predicted octanol–water partition coefficient (Wildman–Crippen LogP) is 2.33. The number of methoxy groups -OCH3 is 1. The van der Waals surface area contributed by atoms with Gasteiger partial charge in [-0.1, -0.05) is 11.6 Å². The number of rotatable bonds is 9. The van der Waals surface area contributed by atoms with Crippen molar-refractivity contribution in [1.29, 1.82) is 0 Å². The van der Waals surface area contributed by atoms with Crippen molar-refractivity contribution in [2.45, 2.75) is 44.2 Å². The van der Waals surface area contributed by atoms with Crippen molar-refractivity contribution >= 4 is 23.5 Å². The van der Waals surface area contributed by atoms with E-state index in [1.807, 2.05) is 0 Å². The summed E-state index contributed by atoms with van der Waals surface area (Å²) in [5.74, 6) is 0.443. The molecule has 0 spiro atoms. The first-order valence-corrected chi connectivity index (χ1v) is 9.40. The van der Waals surface area contributed by atoms with Gasteiger partial charge in [0.25, 0.3) is 0 Å².